The summed E-state index contributed by atoms with van der Waals surface area (Å²) in [7, 11) is 1.49. The molecule has 2 N–H and O–H groups in total. The standard InChI is InChI=1S/C15H20ClNO5/c1-15(2,3)22-14(20)17-11(13(18)19)8-9-5-6-12(21-4)10(16)7-9/h5-7,11H,8H2,1-4H3,(H,17,20)(H,18,19)/t11-/m0/s1. The maximum atomic E-state index is 11.7. The summed E-state index contributed by atoms with van der Waals surface area (Å²) in [5.41, 5.74) is -0.0365. The maximum absolute atomic E-state index is 11.7. The molecule has 0 aliphatic heterocycles. The quantitative estimate of drug-likeness (QED) is 0.867. The topological polar surface area (TPSA) is 84.9 Å². The Kier molecular flexibility index (Phi) is 6.05. The predicted molar refractivity (Wildman–Crippen MR) is 82.5 cm³/mol. The fourth-order valence-electron chi connectivity index (χ4n) is 1.72. The number of carbonyl (C=O) groups is 2. The molecule has 0 aliphatic rings. The minimum Gasteiger partial charge on any atom is -0.495 e. The molecule has 0 radical (unpaired) electrons. The van der Waals surface area contributed by atoms with Gasteiger partial charge < -0.3 is 19.9 Å². The van der Waals surface area contributed by atoms with Crippen molar-refractivity contribution in [2.24, 2.45) is 0 Å². The Morgan fingerprint density at radius 3 is 2.45 bits per heavy atom. The van der Waals surface area contributed by atoms with Crippen molar-refractivity contribution in [3.63, 3.8) is 0 Å². The van der Waals surface area contributed by atoms with Crippen LogP contribution in [0.2, 0.25) is 5.02 Å². The number of ether oxygens (including phenoxy) is 2. The van der Waals surface area contributed by atoms with E-state index in [1.54, 1.807) is 39.0 Å². The highest BCUT2D eigenvalue weighted by atomic mass is 35.5. The molecule has 22 heavy (non-hydrogen) atoms. The van der Waals surface area contributed by atoms with E-state index in [0.29, 0.717) is 16.3 Å². The van der Waals surface area contributed by atoms with Crippen LogP contribution in [0.4, 0.5) is 4.79 Å². The normalized spacial score (nSPS) is 12.4. The Labute approximate surface area is 134 Å². The number of aliphatic carboxylic acids is 1. The molecule has 122 valence electrons. The number of benzene rings is 1. The first-order valence-electron chi connectivity index (χ1n) is 6.67. The average Bonchev–Trinajstić information content (AvgIpc) is 2.35. The van der Waals surface area contributed by atoms with Gasteiger partial charge in [0.2, 0.25) is 0 Å². The zero-order valence-corrected chi connectivity index (χ0v) is 13.7. The van der Waals surface area contributed by atoms with Gasteiger partial charge >= 0.3 is 12.1 Å². The fraction of sp³-hybridized carbons (Fsp3) is 0.467. The molecule has 0 saturated carbocycles. The first kappa shape index (κ1) is 18.1. The number of rotatable bonds is 5. The molecule has 0 aromatic heterocycles. The van der Waals surface area contributed by atoms with Crippen LogP contribution in [-0.4, -0.2) is 35.9 Å². The average molecular weight is 330 g/mol. The van der Waals surface area contributed by atoms with E-state index in [4.69, 9.17) is 21.1 Å². The van der Waals surface area contributed by atoms with Crippen LogP contribution < -0.4 is 10.1 Å². The molecule has 1 rings (SSSR count). The van der Waals surface area contributed by atoms with E-state index in [-0.39, 0.29) is 6.42 Å². The van der Waals surface area contributed by atoms with E-state index in [2.05, 4.69) is 5.32 Å². The molecule has 1 atom stereocenters. The first-order valence-corrected chi connectivity index (χ1v) is 7.05. The van der Waals surface area contributed by atoms with Crippen molar-refractivity contribution in [1.29, 1.82) is 0 Å². The van der Waals surface area contributed by atoms with E-state index < -0.39 is 23.7 Å². The van der Waals surface area contributed by atoms with Crippen LogP contribution in [0.1, 0.15) is 26.3 Å². The molecule has 0 unspecified atom stereocenters. The van der Waals surface area contributed by atoms with Crippen molar-refractivity contribution in [2.45, 2.75) is 38.8 Å². The second-order valence-electron chi connectivity index (χ2n) is 5.71. The third-order valence-corrected chi connectivity index (χ3v) is 2.94. The van der Waals surface area contributed by atoms with Crippen LogP contribution in [0.15, 0.2) is 18.2 Å². The number of nitrogens with one attached hydrogen (secondary N) is 1. The highest BCUT2D eigenvalue weighted by Crippen LogP contribution is 2.25. The number of methoxy groups -OCH3 is 1. The van der Waals surface area contributed by atoms with Gasteiger partial charge in [-0.15, -0.1) is 0 Å². The van der Waals surface area contributed by atoms with E-state index >= 15 is 0 Å². The van der Waals surface area contributed by atoms with Crippen molar-refractivity contribution < 1.29 is 24.2 Å². The van der Waals surface area contributed by atoms with Crippen molar-refractivity contribution in [3.8, 4) is 5.75 Å². The summed E-state index contributed by atoms with van der Waals surface area (Å²) in [4.78, 5) is 23.0. The molecular formula is C15H20ClNO5. The van der Waals surface area contributed by atoms with Gasteiger partial charge in [0.1, 0.15) is 17.4 Å². The zero-order chi connectivity index (χ0) is 16.9. The van der Waals surface area contributed by atoms with Crippen molar-refractivity contribution >= 4 is 23.7 Å². The lowest BCUT2D eigenvalue weighted by Gasteiger charge is -2.22. The molecule has 7 heteroatoms. The molecular weight excluding hydrogens is 310 g/mol. The second-order valence-corrected chi connectivity index (χ2v) is 6.12. The van der Waals surface area contributed by atoms with Gasteiger partial charge in [-0.1, -0.05) is 17.7 Å². The number of hydrogen-bond acceptors (Lipinski definition) is 4. The highest BCUT2D eigenvalue weighted by Gasteiger charge is 2.24. The number of amides is 1. The summed E-state index contributed by atoms with van der Waals surface area (Å²) in [6, 6.07) is 3.83. The van der Waals surface area contributed by atoms with Crippen LogP contribution in [-0.2, 0) is 16.0 Å². The minimum absolute atomic E-state index is 0.0816. The van der Waals surface area contributed by atoms with E-state index in [9.17, 15) is 14.7 Å². The Hall–Kier alpha value is -1.95. The zero-order valence-electron chi connectivity index (χ0n) is 13.0. The van der Waals surface area contributed by atoms with Gasteiger partial charge in [-0.25, -0.2) is 9.59 Å². The largest absolute Gasteiger partial charge is 0.495 e. The Balaban J connectivity index is 2.78. The summed E-state index contributed by atoms with van der Waals surface area (Å²) < 4.78 is 10.1. The third-order valence-electron chi connectivity index (χ3n) is 2.65. The van der Waals surface area contributed by atoms with E-state index in [1.165, 1.54) is 7.11 Å². The third kappa shape index (κ3) is 5.81. The van der Waals surface area contributed by atoms with Crippen LogP contribution in [0, 0.1) is 0 Å². The van der Waals surface area contributed by atoms with Crippen LogP contribution in [0.5, 0.6) is 5.75 Å². The molecule has 1 aromatic carbocycles. The number of hydrogen-bond donors (Lipinski definition) is 2. The van der Waals surface area contributed by atoms with Gasteiger partial charge in [0, 0.05) is 6.42 Å². The van der Waals surface area contributed by atoms with Gasteiger partial charge in [0.25, 0.3) is 0 Å². The highest BCUT2D eigenvalue weighted by molar-refractivity contribution is 6.32. The Morgan fingerprint density at radius 1 is 1.36 bits per heavy atom. The lowest BCUT2D eigenvalue weighted by Crippen LogP contribution is -2.44. The SMILES string of the molecule is COc1ccc(C[C@H](NC(=O)OC(C)(C)C)C(=O)O)cc1Cl. The fourth-order valence-corrected chi connectivity index (χ4v) is 2.00. The molecule has 0 heterocycles. The van der Waals surface area contributed by atoms with E-state index in [1.807, 2.05) is 0 Å². The van der Waals surface area contributed by atoms with Crippen molar-refractivity contribution in [2.75, 3.05) is 7.11 Å². The summed E-state index contributed by atoms with van der Waals surface area (Å²) in [6.45, 7) is 5.10. The molecule has 0 saturated heterocycles. The minimum atomic E-state index is -1.15. The summed E-state index contributed by atoms with van der Waals surface area (Å²) in [5.74, 6) is -0.657. The first-order chi connectivity index (χ1) is 10.1. The molecule has 6 nitrogen and oxygen atoms in total. The maximum Gasteiger partial charge on any atom is 0.408 e. The number of carbonyl (C=O) groups excluding carboxylic acids is 1. The molecule has 0 bridgehead atoms. The molecule has 1 amide bonds. The Morgan fingerprint density at radius 2 is 2.00 bits per heavy atom. The summed E-state index contributed by atoms with van der Waals surface area (Å²) in [6.07, 6.45) is -0.697. The van der Waals surface area contributed by atoms with Crippen molar-refractivity contribution in [1.82, 2.24) is 5.32 Å². The van der Waals surface area contributed by atoms with Gasteiger partial charge in [-0.3, -0.25) is 0 Å². The van der Waals surface area contributed by atoms with Crippen LogP contribution >= 0.6 is 11.6 Å². The van der Waals surface area contributed by atoms with E-state index in [0.717, 1.165) is 0 Å². The smallest absolute Gasteiger partial charge is 0.408 e. The molecule has 0 aliphatic carbocycles. The predicted octanol–water partition coefficient (Wildman–Crippen LogP) is 2.87. The van der Waals surface area contributed by atoms with Crippen LogP contribution in [0.3, 0.4) is 0 Å². The number of carboxylic acids is 1. The second kappa shape index (κ2) is 7.35. The lowest BCUT2D eigenvalue weighted by molar-refractivity contribution is -0.139. The van der Waals surface area contributed by atoms with Crippen LogP contribution in [0.25, 0.3) is 0 Å². The Bertz CT molecular complexity index is 553. The molecule has 0 fully saturated rings. The van der Waals surface area contributed by atoms with Gasteiger partial charge in [0.15, 0.2) is 0 Å². The van der Waals surface area contributed by atoms with Crippen molar-refractivity contribution in [3.05, 3.63) is 28.8 Å². The number of carboxylic acid groups (broad SMARTS) is 1. The lowest BCUT2D eigenvalue weighted by atomic mass is 10.1. The molecule has 0 spiro atoms. The molecule has 1 aromatic rings. The summed E-state index contributed by atoms with van der Waals surface area (Å²) in [5, 5.41) is 11.9. The monoisotopic (exact) mass is 329 g/mol. The van der Waals surface area contributed by atoms with Gasteiger partial charge in [-0.05, 0) is 38.5 Å². The van der Waals surface area contributed by atoms with Gasteiger partial charge in [-0.2, -0.15) is 0 Å². The van der Waals surface area contributed by atoms with Gasteiger partial charge in [0.05, 0.1) is 12.1 Å². The summed E-state index contributed by atoms with van der Waals surface area (Å²) >= 11 is 6.00. The number of alkyl carbamates (subject to hydrolysis) is 1. The number of halogens is 1.